The first kappa shape index (κ1) is 17.3. The van der Waals surface area contributed by atoms with Gasteiger partial charge in [0.05, 0.1) is 10.2 Å². The van der Waals surface area contributed by atoms with Crippen LogP contribution in [0.1, 0.15) is 5.69 Å². The summed E-state index contributed by atoms with van der Waals surface area (Å²) in [6.07, 6.45) is 3.34. The van der Waals surface area contributed by atoms with E-state index in [4.69, 9.17) is 11.6 Å². The molecule has 3 aromatic rings. The number of nitrogens with one attached hydrogen (secondary N) is 1. The van der Waals surface area contributed by atoms with Gasteiger partial charge in [-0.25, -0.2) is 4.98 Å². The molecule has 0 amide bonds. The highest BCUT2D eigenvalue weighted by atomic mass is 79.9. The Morgan fingerprint density at radius 2 is 1.96 bits per heavy atom. The van der Waals surface area contributed by atoms with Crippen molar-refractivity contribution in [2.75, 3.05) is 18.6 Å². The summed E-state index contributed by atoms with van der Waals surface area (Å²) in [6.45, 7) is 5.42. The van der Waals surface area contributed by atoms with Gasteiger partial charge in [0.15, 0.2) is 0 Å². The molecule has 2 aromatic heterocycles. The average Bonchev–Trinajstić information content (AvgIpc) is 2.49. The molecular formula is C16H15BrClN4OP. The molecule has 0 saturated carbocycles. The molecular weight excluding hydrogens is 411 g/mol. The number of aryl methyl sites for hydroxylation is 1. The first-order valence-corrected chi connectivity index (χ1v) is 10.9. The number of fused-ring (bicyclic) bond motifs is 1. The largest absolute Gasteiger partial charge is 0.339 e. The van der Waals surface area contributed by atoms with Crippen molar-refractivity contribution >= 4 is 62.3 Å². The Morgan fingerprint density at radius 1 is 1.21 bits per heavy atom. The fourth-order valence-electron chi connectivity index (χ4n) is 2.56. The molecule has 0 aliphatic heterocycles. The second kappa shape index (κ2) is 6.43. The molecule has 8 heteroatoms. The molecule has 0 unspecified atom stereocenters. The van der Waals surface area contributed by atoms with Crippen molar-refractivity contribution in [2.45, 2.75) is 6.92 Å². The van der Waals surface area contributed by atoms with E-state index in [1.54, 1.807) is 25.7 Å². The number of nitrogens with zero attached hydrogens (tertiary/aromatic N) is 3. The van der Waals surface area contributed by atoms with Crippen LogP contribution in [0.4, 0.5) is 11.5 Å². The molecule has 0 bridgehead atoms. The minimum atomic E-state index is -2.57. The second-order valence-electron chi connectivity index (χ2n) is 5.82. The third-order valence-corrected chi connectivity index (χ3v) is 5.84. The van der Waals surface area contributed by atoms with Gasteiger partial charge in [0.2, 0.25) is 5.28 Å². The van der Waals surface area contributed by atoms with Crippen LogP contribution < -0.4 is 10.6 Å². The SMILES string of the molecule is Cc1cc2ccc(Nc3nc(Cl)ncc3Br)c(P(C)(C)=O)c2cn1. The molecule has 124 valence electrons. The van der Waals surface area contributed by atoms with E-state index in [0.29, 0.717) is 10.3 Å². The van der Waals surface area contributed by atoms with Crippen LogP contribution in [0.15, 0.2) is 35.1 Å². The van der Waals surface area contributed by atoms with Gasteiger partial charge in [-0.3, -0.25) is 4.98 Å². The molecule has 0 aliphatic carbocycles. The molecule has 24 heavy (non-hydrogen) atoms. The van der Waals surface area contributed by atoms with Gasteiger partial charge in [0.25, 0.3) is 0 Å². The minimum absolute atomic E-state index is 0.136. The van der Waals surface area contributed by atoms with Crippen molar-refractivity contribution in [1.29, 1.82) is 0 Å². The number of halogens is 2. The van der Waals surface area contributed by atoms with E-state index in [2.05, 4.69) is 36.2 Å². The van der Waals surface area contributed by atoms with Crippen molar-refractivity contribution in [3.8, 4) is 0 Å². The molecule has 0 aliphatic rings. The normalized spacial score (nSPS) is 11.7. The summed E-state index contributed by atoms with van der Waals surface area (Å²) in [4.78, 5) is 12.4. The number of rotatable bonds is 3. The first-order valence-electron chi connectivity index (χ1n) is 7.15. The van der Waals surface area contributed by atoms with Crippen LogP contribution in [0.25, 0.3) is 10.8 Å². The lowest BCUT2D eigenvalue weighted by atomic mass is 10.1. The molecule has 0 saturated heterocycles. The zero-order valence-electron chi connectivity index (χ0n) is 13.3. The fourth-order valence-corrected chi connectivity index (χ4v) is 4.46. The number of anilines is 2. The molecule has 0 spiro atoms. The van der Waals surface area contributed by atoms with Gasteiger partial charge >= 0.3 is 0 Å². The lowest BCUT2D eigenvalue weighted by molar-refractivity contribution is 0.588. The maximum absolute atomic E-state index is 12.9. The summed E-state index contributed by atoms with van der Waals surface area (Å²) in [5.74, 6) is 0.518. The van der Waals surface area contributed by atoms with Crippen LogP contribution in [0, 0.1) is 6.92 Å². The molecule has 1 N–H and O–H groups in total. The maximum Gasteiger partial charge on any atom is 0.224 e. The highest BCUT2D eigenvalue weighted by Gasteiger charge is 2.21. The summed E-state index contributed by atoms with van der Waals surface area (Å²) < 4.78 is 13.6. The van der Waals surface area contributed by atoms with Crippen LogP contribution >= 0.6 is 34.7 Å². The molecule has 0 atom stereocenters. The number of aromatic nitrogens is 3. The Hall–Kier alpha value is -1.49. The lowest BCUT2D eigenvalue weighted by Crippen LogP contribution is -2.12. The van der Waals surface area contributed by atoms with Gasteiger partial charge in [-0.1, -0.05) is 6.07 Å². The monoisotopic (exact) mass is 424 g/mol. The Kier molecular flexibility index (Phi) is 4.65. The standard InChI is InChI=1S/C16H15BrClN4OP/c1-9-6-10-4-5-13(14(24(2,3)23)11(10)7-19-9)21-15-12(17)8-20-16(18)22-15/h4-8H,1-3H3,(H,20,21,22). The minimum Gasteiger partial charge on any atom is -0.339 e. The second-order valence-corrected chi connectivity index (χ2v) is 10.2. The highest BCUT2D eigenvalue weighted by molar-refractivity contribution is 9.10. The van der Waals surface area contributed by atoms with E-state index in [1.165, 1.54) is 0 Å². The Balaban J connectivity index is 2.22. The van der Waals surface area contributed by atoms with E-state index in [9.17, 15) is 4.57 Å². The van der Waals surface area contributed by atoms with Crippen LogP contribution in [-0.4, -0.2) is 28.3 Å². The lowest BCUT2D eigenvalue weighted by Gasteiger charge is -2.18. The van der Waals surface area contributed by atoms with E-state index in [0.717, 1.165) is 27.5 Å². The third-order valence-electron chi connectivity index (χ3n) is 3.52. The summed E-state index contributed by atoms with van der Waals surface area (Å²) in [7, 11) is -2.57. The van der Waals surface area contributed by atoms with Crippen molar-refractivity contribution < 1.29 is 4.57 Å². The van der Waals surface area contributed by atoms with E-state index in [1.807, 2.05) is 25.1 Å². The van der Waals surface area contributed by atoms with Crippen LogP contribution in [-0.2, 0) is 4.57 Å². The van der Waals surface area contributed by atoms with Crippen LogP contribution in [0.2, 0.25) is 5.28 Å². The zero-order chi connectivity index (χ0) is 17.5. The molecule has 0 radical (unpaired) electrons. The van der Waals surface area contributed by atoms with Crippen LogP contribution in [0.5, 0.6) is 0 Å². The number of hydrogen-bond acceptors (Lipinski definition) is 5. The number of hydrogen-bond donors (Lipinski definition) is 1. The summed E-state index contributed by atoms with van der Waals surface area (Å²) in [5, 5.41) is 5.97. The van der Waals surface area contributed by atoms with E-state index in [-0.39, 0.29) is 5.28 Å². The highest BCUT2D eigenvalue weighted by Crippen LogP contribution is 2.41. The Labute approximate surface area is 153 Å². The van der Waals surface area contributed by atoms with Crippen molar-refractivity contribution in [3.63, 3.8) is 0 Å². The summed E-state index contributed by atoms with van der Waals surface area (Å²) in [6, 6.07) is 5.86. The molecule has 0 fully saturated rings. The zero-order valence-corrected chi connectivity index (χ0v) is 16.6. The number of benzene rings is 1. The van der Waals surface area contributed by atoms with Gasteiger partial charge in [-0.15, -0.1) is 0 Å². The quantitative estimate of drug-likeness (QED) is 0.485. The molecule has 2 heterocycles. The molecule has 5 nitrogen and oxygen atoms in total. The van der Waals surface area contributed by atoms with Crippen molar-refractivity contribution in [2.24, 2.45) is 0 Å². The average molecular weight is 426 g/mol. The fraction of sp³-hybridized carbons (Fsp3) is 0.188. The third kappa shape index (κ3) is 3.46. The van der Waals surface area contributed by atoms with Gasteiger partial charge in [0, 0.05) is 28.8 Å². The topological polar surface area (TPSA) is 67.8 Å². The summed E-state index contributed by atoms with van der Waals surface area (Å²) in [5.41, 5.74) is 1.64. The summed E-state index contributed by atoms with van der Waals surface area (Å²) >= 11 is 9.27. The van der Waals surface area contributed by atoms with Crippen molar-refractivity contribution in [1.82, 2.24) is 15.0 Å². The van der Waals surface area contributed by atoms with E-state index >= 15 is 0 Å². The Bertz CT molecular complexity index is 989. The maximum atomic E-state index is 12.9. The van der Waals surface area contributed by atoms with Gasteiger partial charge in [-0.05, 0) is 65.3 Å². The molecule has 3 rings (SSSR count). The number of pyridine rings is 1. The predicted molar refractivity (Wildman–Crippen MR) is 104 cm³/mol. The predicted octanol–water partition coefficient (Wildman–Crippen LogP) is 4.74. The van der Waals surface area contributed by atoms with Gasteiger partial charge in [0.1, 0.15) is 13.0 Å². The van der Waals surface area contributed by atoms with Gasteiger partial charge < -0.3 is 9.88 Å². The van der Waals surface area contributed by atoms with Crippen molar-refractivity contribution in [3.05, 3.63) is 46.0 Å². The Morgan fingerprint density at radius 3 is 2.67 bits per heavy atom. The van der Waals surface area contributed by atoms with Gasteiger partial charge in [-0.2, -0.15) is 4.98 Å². The first-order chi connectivity index (χ1) is 11.3. The molecule has 1 aromatic carbocycles. The van der Waals surface area contributed by atoms with E-state index < -0.39 is 7.14 Å². The smallest absolute Gasteiger partial charge is 0.224 e. The van der Waals surface area contributed by atoms with Crippen LogP contribution in [0.3, 0.4) is 0 Å².